The first-order valence-electron chi connectivity index (χ1n) is 5.92. The number of thioether (sulfide) groups is 1. The highest BCUT2D eigenvalue weighted by Crippen LogP contribution is 2.24. The standard InChI is InChI=1S/C13H12N4O3S/c1-17-13(15-11(18)12(19)16-17)21-7-8-3-4-9(6-14)10(5-8)20-2/h3-5H,7H2,1-2H3,(H,16,19). The molecule has 0 spiro atoms. The lowest BCUT2D eigenvalue weighted by molar-refractivity contribution is 0.413. The third-order valence-corrected chi connectivity index (χ3v) is 3.80. The molecule has 0 saturated heterocycles. The Balaban J connectivity index is 2.21. The molecule has 0 unspecified atom stereocenters. The largest absolute Gasteiger partial charge is 0.495 e. The van der Waals surface area contributed by atoms with Crippen LogP contribution < -0.4 is 15.9 Å². The minimum atomic E-state index is -0.812. The van der Waals surface area contributed by atoms with E-state index in [9.17, 15) is 9.59 Å². The highest BCUT2D eigenvalue weighted by molar-refractivity contribution is 7.98. The summed E-state index contributed by atoms with van der Waals surface area (Å²) >= 11 is 1.30. The molecule has 0 aliphatic carbocycles. The van der Waals surface area contributed by atoms with Gasteiger partial charge >= 0.3 is 11.1 Å². The molecule has 8 heteroatoms. The van der Waals surface area contributed by atoms with E-state index in [1.165, 1.54) is 23.6 Å². The van der Waals surface area contributed by atoms with Crippen LogP contribution >= 0.6 is 11.8 Å². The van der Waals surface area contributed by atoms with E-state index in [2.05, 4.69) is 10.1 Å². The Kier molecular flexibility index (Phi) is 4.45. The number of benzene rings is 1. The fourth-order valence-corrected chi connectivity index (χ4v) is 2.52. The normalized spacial score (nSPS) is 10.1. The molecule has 0 amide bonds. The van der Waals surface area contributed by atoms with Crippen molar-refractivity contribution >= 4 is 11.8 Å². The molecule has 0 radical (unpaired) electrons. The minimum Gasteiger partial charge on any atom is -0.495 e. The molecule has 108 valence electrons. The summed E-state index contributed by atoms with van der Waals surface area (Å²) in [6.07, 6.45) is 0. The summed E-state index contributed by atoms with van der Waals surface area (Å²) in [5, 5.41) is 11.7. The number of hydrogen-bond donors (Lipinski definition) is 1. The number of hydrogen-bond acceptors (Lipinski definition) is 6. The van der Waals surface area contributed by atoms with Crippen molar-refractivity contribution in [2.45, 2.75) is 10.9 Å². The van der Waals surface area contributed by atoms with Crippen LogP contribution in [-0.2, 0) is 12.8 Å². The van der Waals surface area contributed by atoms with Crippen molar-refractivity contribution in [1.29, 1.82) is 5.26 Å². The van der Waals surface area contributed by atoms with E-state index in [0.717, 1.165) is 5.56 Å². The van der Waals surface area contributed by atoms with Gasteiger partial charge in [0.1, 0.15) is 11.8 Å². The van der Waals surface area contributed by atoms with Crippen molar-refractivity contribution in [3.63, 3.8) is 0 Å². The maximum atomic E-state index is 11.2. The second kappa shape index (κ2) is 6.28. The predicted molar refractivity (Wildman–Crippen MR) is 77.4 cm³/mol. The maximum Gasteiger partial charge on any atom is 0.339 e. The van der Waals surface area contributed by atoms with E-state index >= 15 is 0 Å². The number of nitriles is 1. The van der Waals surface area contributed by atoms with Crippen LogP contribution in [0.15, 0.2) is 32.9 Å². The van der Waals surface area contributed by atoms with Crippen molar-refractivity contribution in [3.8, 4) is 11.8 Å². The van der Waals surface area contributed by atoms with Gasteiger partial charge in [0.15, 0.2) is 5.16 Å². The number of aryl methyl sites for hydroxylation is 1. The molecule has 0 bridgehead atoms. The number of nitrogens with one attached hydrogen (secondary N) is 1. The minimum absolute atomic E-state index is 0.405. The van der Waals surface area contributed by atoms with Crippen LogP contribution in [0.1, 0.15) is 11.1 Å². The molecule has 0 atom stereocenters. The highest BCUT2D eigenvalue weighted by Gasteiger charge is 2.07. The van der Waals surface area contributed by atoms with Gasteiger partial charge in [-0.05, 0) is 17.7 Å². The summed E-state index contributed by atoms with van der Waals surface area (Å²) in [7, 11) is 3.11. The lowest BCUT2D eigenvalue weighted by atomic mass is 10.1. The number of H-pyrrole nitrogens is 1. The Bertz CT molecular complexity index is 819. The van der Waals surface area contributed by atoms with Gasteiger partial charge in [0.05, 0.1) is 12.7 Å². The van der Waals surface area contributed by atoms with Gasteiger partial charge in [0.2, 0.25) is 0 Å². The summed E-state index contributed by atoms with van der Waals surface area (Å²) in [4.78, 5) is 26.1. The fraction of sp³-hybridized carbons (Fsp3) is 0.231. The molecule has 0 aliphatic rings. The Morgan fingerprint density at radius 2 is 2.24 bits per heavy atom. The van der Waals surface area contributed by atoms with E-state index in [1.807, 2.05) is 6.07 Å². The van der Waals surface area contributed by atoms with Gasteiger partial charge in [0.25, 0.3) is 0 Å². The number of aromatic nitrogens is 3. The molecule has 2 aromatic rings. The first-order valence-corrected chi connectivity index (χ1v) is 6.91. The zero-order chi connectivity index (χ0) is 15.4. The van der Waals surface area contributed by atoms with Gasteiger partial charge in [-0.15, -0.1) is 0 Å². The second-order valence-corrected chi connectivity index (χ2v) is 5.08. The van der Waals surface area contributed by atoms with E-state index in [-0.39, 0.29) is 0 Å². The lowest BCUT2D eigenvalue weighted by Gasteiger charge is -2.08. The number of rotatable bonds is 4. The predicted octanol–water partition coefficient (Wildman–Crippen LogP) is 0.641. The SMILES string of the molecule is COc1cc(CSc2nc(=O)c(=O)[nH]n2C)ccc1C#N. The number of nitrogens with zero attached hydrogens (tertiary/aromatic N) is 3. The van der Waals surface area contributed by atoms with Crippen molar-refractivity contribution in [2.24, 2.45) is 7.05 Å². The number of methoxy groups -OCH3 is 1. The third-order valence-electron chi connectivity index (χ3n) is 2.70. The molecule has 0 saturated carbocycles. The van der Waals surface area contributed by atoms with Crippen LogP contribution in [0.25, 0.3) is 0 Å². The van der Waals surface area contributed by atoms with Gasteiger partial charge in [-0.2, -0.15) is 10.2 Å². The highest BCUT2D eigenvalue weighted by atomic mass is 32.2. The van der Waals surface area contributed by atoms with Gasteiger partial charge < -0.3 is 4.74 Å². The molecular weight excluding hydrogens is 292 g/mol. The van der Waals surface area contributed by atoms with Crippen LogP contribution in [0.2, 0.25) is 0 Å². The smallest absolute Gasteiger partial charge is 0.339 e. The Hall–Kier alpha value is -2.53. The topological polar surface area (TPSA) is 101 Å². The molecule has 21 heavy (non-hydrogen) atoms. The third kappa shape index (κ3) is 3.32. The van der Waals surface area contributed by atoms with Crippen LogP contribution in [-0.4, -0.2) is 21.9 Å². The van der Waals surface area contributed by atoms with Crippen LogP contribution in [0.4, 0.5) is 0 Å². The summed E-state index contributed by atoms with van der Waals surface area (Å²) in [5.74, 6) is 1.02. The van der Waals surface area contributed by atoms with Gasteiger partial charge in [0, 0.05) is 12.8 Å². The zero-order valence-electron chi connectivity index (χ0n) is 11.4. The van der Waals surface area contributed by atoms with Crippen molar-refractivity contribution < 1.29 is 4.74 Å². The molecule has 1 aromatic heterocycles. The Labute approximate surface area is 124 Å². The average Bonchev–Trinajstić information content (AvgIpc) is 2.49. The second-order valence-electron chi connectivity index (χ2n) is 4.13. The lowest BCUT2D eigenvalue weighted by Crippen LogP contribution is -2.33. The van der Waals surface area contributed by atoms with Gasteiger partial charge in [-0.3, -0.25) is 19.4 Å². The summed E-state index contributed by atoms with van der Waals surface area (Å²) < 4.78 is 6.54. The van der Waals surface area contributed by atoms with Crippen molar-refractivity contribution in [3.05, 3.63) is 50.0 Å². The fourth-order valence-electron chi connectivity index (χ4n) is 1.66. The molecule has 0 aliphatic heterocycles. The number of aromatic amines is 1. The van der Waals surface area contributed by atoms with Gasteiger partial charge in [-0.25, -0.2) is 0 Å². The molecule has 1 aromatic carbocycles. The maximum absolute atomic E-state index is 11.2. The molecule has 2 rings (SSSR count). The van der Waals surface area contributed by atoms with E-state index < -0.39 is 11.1 Å². The average molecular weight is 304 g/mol. The number of ether oxygens (including phenoxy) is 1. The quantitative estimate of drug-likeness (QED) is 0.657. The molecule has 0 fully saturated rings. The van der Waals surface area contributed by atoms with Gasteiger partial charge in [-0.1, -0.05) is 17.8 Å². The molecule has 7 nitrogen and oxygen atoms in total. The van der Waals surface area contributed by atoms with E-state index in [0.29, 0.717) is 22.2 Å². The van der Waals surface area contributed by atoms with Crippen LogP contribution in [0.3, 0.4) is 0 Å². The summed E-state index contributed by atoms with van der Waals surface area (Å²) in [5.41, 5.74) is -0.188. The Morgan fingerprint density at radius 1 is 1.48 bits per heavy atom. The van der Waals surface area contributed by atoms with E-state index in [4.69, 9.17) is 10.00 Å². The summed E-state index contributed by atoms with van der Waals surface area (Å²) in [6, 6.07) is 7.28. The monoisotopic (exact) mass is 304 g/mol. The van der Waals surface area contributed by atoms with Crippen molar-refractivity contribution in [2.75, 3.05) is 7.11 Å². The van der Waals surface area contributed by atoms with Crippen LogP contribution in [0.5, 0.6) is 5.75 Å². The molecular formula is C13H12N4O3S. The zero-order valence-corrected chi connectivity index (χ0v) is 12.2. The van der Waals surface area contributed by atoms with Crippen molar-refractivity contribution in [1.82, 2.24) is 14.8 Å². The molecule has 1 heterocycles. The summed E-state index contributed by atoms with van der Waals surface area (Å²) in [6.45, 7) is 0. The first kappa shape index (κ1) is 14.9. The van der Waals surface area contributed by atoms with Crippen LogP contribution in [0, 0.1) is 11.3 Å². The molecule has 1 N–H and O–H groups in total. The first-order chi connectivity index (χ1) is 10.0. The van der Waals surface area contributed by atoms with E-state index in [1.54, 1.807) is 25.2 Å². The Morgan fingerprint density at radius 3 is 2.90 bits per heavy atom.